The average molecular weight is 251 g/mol. The molecule has 3 heteroatoms. The first-order chi connectivity index (χ1) is 9.19. The van der Waals surface area contributed by atoms with Crippen molar-refractivity contribution in [1.82, 2.24) is 4.98 Å². The van der Waals surface area contributed by atoms with Crippen molar-refractivity contribution in [3.63, 3.8) is 0 Å². The number of pyridine rings is 1. The van der Waals surface area contributed by atoms with Crippen LogP contribution in [0.4, 0.5) is 0 Å². The summed E-state index contributed by atoms with van der Waals surface area (Å²) >= 11 is 0. The molecule has 0 fully saturated rings. The van der Waals surface area contributed by atoms with E-state index in [0.717, 1.165) is 27.7 Å². The van der Waals surface area contributed by atoms with Crippen molar-refractivity contribution in [2.24, 2.45) is 0 Å². The third-order valence-corrected chi connectivity index (χ3v) is 3.21. The van der Waals surface area contributed by atoms with Gasteiger partial charge in [0.1, 0.15) is 5.76 Å². The summed E-state index contributed by atoms with van der Waals surface area (Å²) in [5.74, 6) is 1.04. The molecule has 0 radical (unpaired) electrons. The van der Waals surface area contributed by atoms with Gasteiger partial charge in [0.2, 0.25) is 0 Å². The highest BCUT2D eigenvalue weighted by atomic mass is 16.3. The number of fused-ring (bicyclic) bond motifs is 1. The van der Waals surface area contributed by atoms with Crippen LogP contribution in [-0.2, 0) is 0 Å². The number of hydrogen-bond acceptors (Lipinski definition) is 3. The zero-order valence-corrected chi connectivity index (χ0v) is 10.8. The minimum absolute atomic E-state index is 0.339. The first-order valence-corrected chi connectivity index (χ1v) is 6.11. The fourth-order valence-electron chi connectivity index (χ4n) is 2.29. The lowest BCUT2D eigenvalue weighted by molar-refractivity contribution is 0.110. The van der Waals surface area contributed by atoms with Gasteiger partial charge in [-0.25, -0.2) is 0 Å². The Labute approximate surface area is 110 Å². The largest absolute Gasteiger partial charge is 0.453 e. The molecular formula is C16H13NO2. The van der Waals surface area contributed by atoms with Crippen LogP contribution in [0.25, 0.3) is 22.2 Å². The van der Waals surface area contributed by atoms with Gasteiger partial charge in [-0.2, -0.15) is 0 Å². The summed E-state index contributed by atoms with van der Waals surface area (Å²) in [6, 6.07) is 11.6. The van der Waals surface area contributed by atoms with E-state index in [9.17, 15) is 4.79 Å². The van der Waals surface area contributed by atoms with E-state index in [1.807, 2.05) is 44.2 Å². The van der Waals surface area contributed by atoms with Gasteiger partial charge in [-0.05, 0) is 43.7 Å². The van der Waals surface area contributed by atoms with Crippen LogP contribution in [0.5, 0.6) is 0 Å². The predicted octanol–water partition coefficient (Wildman–Crippen LogP) is 3.92. The van der Waals surface area contributed by atoms with Crippen molar-refractivity contribution in [3.05, 3.63) is 53.4 Å². The van der Waals surface area contributed by atoms with Gasteiger partial charge in [0.25, 0.3) is 0 Å². The van der Waals surface area contributed by atoms with Crippen molar-refractivity contribution in [2.75, 3.05) is 0 Å². The number of carbonyl (C=O) groups is 1. The molecule has 0 unspecified atom stereocenters. The van der Waals surface area contributed by atoms with E-state index in [4.69, 9.17) is 4.42 Å². The lowest BCUT2D eigenvalue weighted by Crippen LogP contribution is -1.88. The van der Waals surface area contributed by atoms with E-state index in [1.54, 1.807) is 6.07 Å². The molecule has 0 aliphatic heterocycles. The lowest BCUT2D eigenvalue weighted by Gasteiger charge is -2.08. The molecule has 2 aromatic heterocycles. The van der Waals surface area contributed by atoms with E-state index in [0.29, 0.717) is 17.8 Å². The molecule has 2 heterocycles. The summed E-state index contributed by atoms with van der Waals surface area (Å²) < 4.78 is 5.54. The molecule has 0 aliphatic rings. The number of rotatable bonds is 2. The highest BCUT2D eigenvalue weighted by molar-refractivity contribution is 5.95. The van der Waals surface area contributed by atoms with Gasteiger partial charge in [-0.15, -0.1) is 0 Å². The molecule has 0 spiro atoms. The number of aromatic nitrogens is 1. The maximum absolute atomic E-state index is 10.7. The van der Waals surface area contributed by atoms with Gasteiger partial charge in [-0.1, -0.05) is 12.1 Å². The predicted molar refractivity (Wildman–Crippen MR) is 74.3 cm³/mol. The molecule has 0 atom stereocenters. The van der Waals surface area contributed by atoms with Crippen molar-refractivity contribution < 1.29 is 9.21 Å². The molecule has 3 nitrogen and oxygen atoms in total. The van der Waals surface area contributed by atoms with Crippen LogP contribution in [0.1, 0.15) is 21.8 Å². The maximum atomic E-state index is 10.7. The first-order valence-electron chi connectivity index (χ1n) is 6.11. The smallest absolute Gasteiger partial charge is 0.185 e. The lowest BCUT2D eigenvalue weighted by atomic mass is 10.0. The zero-order valence-electron chi connectivity index (χ0n) is 10.8. The van der Waals surface area contributed by atoms with Crippen LogP contribution in [-0.4, -0.2) is 11.3 Å². The summed E-state index contributed by atoms with van der Waals surface area (Å²) in [7, 11) is 0. The molecule has 19 heavy (non-hydrogen) atoms. The SMILES string of the molecule is Cc1ccc2c(-c3ccc(C=O)o3)c(C)ccc2n1. The molecule has 1 aromatic carbocycles. The number of furan rings is 1. The molecule has 0 saturated carbocycles. The second-order valence-electron chi connectivity index (χ2n) is 4.60. The van der Waals surface area contributed by atoms with Gasteiger partial charge in [0.15, 0.2) is 12.0 Å². The minimum Gasteiger partial charge on any atom is -0.453 e. The van der Waals surface area contributed by atoms with E-state index in [-0.39, 0.29) is 0 Å². The van der Waals surface area contributed by atoms with E-state index in [2.05, 4.69) is 4.98 Å². The second-order valence-corrected chi connectivity index (χ2v) is 4.60. The monoisotopic (exact) mass is 251 g/mol. The molecule has 0 bridgehead atoms. The van der Waals surface area contributed by atoms with Crippen LogP contribution in [0.15, 0.2) is 40.8 Å². The Kier molecular flexibility index (Phi) is 2.67. The summed E-state index contributed by atoms with van der Waals surface area (Å²) in [6.07, 6.45) is 0.715. The number of carbonyl (C=O) groups excluding carboxylic acids is 1. The third-order valence-electron chi connectivity index (χ3n) is 3.21. The molecule has 94 valence electrons. The van der Waals surface area contributed by atoms with Gasteiger partial charge in [0.05, 0.1) is 5.52 Å². The van der Waals surface area contributed by atoms with E-state index < -0.39 is 0 Å². The normalized spacial score (nSPS) is 10.8. The Morgan fingerprint density at radius 3 is 2.63 bits per heavy atom. The topological polar surface area (TPSA) is 43.1 Å². The van der Waals surface area contributed by atoms with Crippen LogP contribution in [0.2, 0.25) is 0 Å². The average Bonchev–Trinajstić information content (AvgIpc) is 2.87. The Hall–Kier alpha value is -2.42. The van der Waals surface area contributed by atoms with Gasteiger partial charge in [-0.3, -0.25) is 9.78 Å². The van der Waals surface area contributed by atoms with Crippen molar-refractivity contribution >= 4 is 17.2 Å². The molecule has 3 aromatic rings. The van der Waals surface area contributed by atoms with E-state index in [1.165, 1.54) is 0 Å². The molecule has 3 rings (SSSR count). The zero-order chi connectivity index (χ0) is 13.4. The standard InChI is InChI=1S/C16H13NO2/c1-10-3-7-14-13(6-4-11(2)17-14)16(10)15-8-5-12(9-18)19-15/h3-9H,1-2H3. The second kappa shape index (κ2) is 4.35. The molecule has 0 saturated heterocycles. The van der Waals surface area contributed by atoms with Crippen molar-refractivity contribution in [2.45, 2.75) is 13.8 Å². The van der Waals surface area contributed by atoms with Crippen LogP contribution < -0.4 is 0 Å². The van der Waals surface area contributed by atoms with Crippen LogP contribution in [0, 0.1) is 13.8 Å². The number of aldehydes is 1. The molecule has 0 N–H and O–H groups in total. The summed E-state index contributed by atoms with van der Waals surface area (Å²) in [5, 5.41) is 1.04. The van der Waals surface area contributed by atoms with Crippen molar-refractivity contribution in [3.8, 4) is 11.3 Å². The fourth-order valence-corrected chi connectivity index (χ4v) is 2.29. The number of nitrogens with zero attached hydrogens (tertiary/aromatic N) is 1. The Morgan fingerprint density at radius 1 is 1.05 bits per heavy atom. The molecular weight excluding hydrogens is 238 g/mol. The quantitative estimate of drug-likeness (QED) is 0.648. The minimum atomic E-state index is 0.339. The number of aryl methyl sites for hydroxylation is 2. The summed E-state index contributed by atoms with van der Waals surface area (Å²) in [5.41, 5.74) is 4.02. The third kappa shape index (κ3) is 1.93. The summed E-state index contributed by atoms with van der Waals surface area (Å²) in [4.78, 5) is 15.3. The highest BCUT2D eigenvalue weighted by Gasteiger charge is 2.12. The number of benzene rings is 1. The molecule has 0 aliphatic carbocycles. The highest BCUT2D eigenvalue weighted by Crippen LogP contribution is 2.32. The Balaban J connectivity index is 2.32. The van der Waals surface area contributed by atoms with E-state index >= 15 is 0 Å². The van der Waals surface area contributed by atoms with Gasteiger partial charge in [0, 0.05) is 16.6 Å². The maximum Gasteiger partial charge on any atom is 0.185 e. The van der Waals surface area contributed by atoms with Gasteiger partial charge < -0.3 is 4.42 Å². The number of hydrogen-bond donors (Lipinski definition) is 0. The van der Waals surface area contributed by atoms with Gasteiger partial charge >= 0.3 is 0 Å². The Bertz CT molecular complexity index is 772. The first kappa shape index (κ1) is 11.7. The summed E-state index contributed by atoms with van der Waals surface area (Å²) in [6.45, 7) is 3.99. The fraction of sp³-hybridized carbons (Fsp3) is 0.125. The molecule has 0 amide bonds. The van der Waals surface area contributed by atoms with Crippen LogP contribution in [0.3, 0.4) is 0 Å². The Morgan fingerprint density at radius 2 is 1.89 bits per heavy atom. The van der Waals surface area contributed by atoms with Crippen LogP contribution >= 0.6 is 0 Å². The van der Waals surface area contributed by atoms with Crippen molar-refractivity contribution in [1.29, 1.82) is 0 Å².